The number of carbonyl (C=O) groups is 2. The van der Waals surface area contributed by atoms with Crippen LogP contribution in [-0.4, -0.2) is 69.0 Å². The van der Waals surface area contributed by atoms with Gasteiger partial charge in [0.05, 0.1) is 28.8 Å². The molecule has 0 bridgehead atoms. The number of hydrogen-bond donors (Lipinski definition) is 2. The molecule has 3 aromatic heterocycles. The largest absolute Gasteiger partial charge is 0.438 e. The number of ether oxygens (including phenoxy) is 1. The second-order valence-corrected chi connectivity index (χ2v) is 16.1. The van der Waals surface area contributed by atoms with Crippen LogP contribution in [0.15, 0.2) is 101 Å². The molecule has 2 amide bonds. The van der Waals surface area contributed by atoms with Crippen LogP contribution in [0.4, 0.5) is 17.7 Å². The predicted octanol–water partition coefficient (Wildman–Crippen LogP) is 8.01. The Kier molecular flexibility index (Phi) is 12.8. The summed E-state index contributed by atoms with van der Waals surface area (Å²) in [6, 6.07) is 26.9. The van der Waals surface area contributed by atoms with Crippen LogP contribution in [0.1, 0.15) is 58.3 Å². The van der Waals surface area contributed by atoms with Crippen LogP contribution in [0, 0.1) is 17.2 Å². The van der Waals surface area contributed by atoms with Crippen LogP contribution in [-0.2, 0) is 19.6 Å². The van der Waals surface area contributed by atoms with E-state index >= 15 is 0 Å². The van der Waals surface area contributed by atoms with Gasteiger partial charge in [-0.05, 0) is 86.9 Å². The van der Waals surface area contributed by atoms with Gasteiger partial charge < -0.3 is 19.8 Å². The Balaban J connectivity index is 0.930. The Morgan fingerprint density at radius 2 is 1.75 bits per heavy atom. The van der Waals surface area contributed by atoms with Crippen molar-refractivity contribution < 1.29 is 27.2 Å². The minimum absolute atomic E-state index is 0.0127. The molecule has 0 radical (unpaired) electrons. The van der Waals surface area contributed by atoms with Crippen LogP contribution in [0.25, 0.3) is 33.1 Å². The van der Waals surface area contributed by atoms with E-state index in [0.29, 0.717) is 51.2 Å². The number of aromatic nitrogens is 4. The molecule has 0 atom stereocenters. The molecule has 0 saturated heterocycles. The first kappa shape index (κ1) is 40.5. The van der Waals surface area contributed by atoms with E-state index in [-0.39, 0.29) is 42.9 Å². The number of fused-ring (bicyclic) bond motifs is 2. The number of unbranched alkanes of at least 4 members (excludes halogenated alkanes) is 1. The molecule has 3 heterocycles. The highest BCUT2D eigenvalue weighted by Gasteiger charge is 2.26. The minimum Gasteiger partial charge on any atom is -0.438 e. The van der Waals surface area contributed by atoms with Crippen LogP contribution < -0.4 is 15.4 Å². The second kappa shape index (κ2) is 18.7. The topological polar surface area (TPSA) is 206 Å². The van der Waals surface area contributed by atoms with Crippen molar-refractivity contribution >= 4 is 67.6 Å². The van der Waals surface area contributed by atoms with Gasteiger partial charge in [-0.3, -0.25) is 9.59 Å². The Morgan fingerprint density at radius 3 is 2.54 bits per heavy atom. The number of aliphatic imine (C=N–C) groups is 1. The number of hydrogen-bond acceptors (Lipinski definition) is 13. The predicted molar refractivity (Wildman–Crippen MR) is 224 cm³/mol. The van der Waals surface area contributed by atoms with E-state index < -0.39 is 22.5 Å². The fraction of sp³-hybridized carbons (Fsp3) is 0.302. The number of anilines is 2. The zero-order valence-electron chi connectivity index (χ0n) is 32.5. The van der Waals surface area contributed by atoms with Crippen LogP contribution in [0.3, 0.4) is 0 Å². The highest BCUT2D eigenvalue weighted by Crippen LogP contribution is 2.38. The van der Waals surface area contributed by atoms with Gasteiger partial charge in [-0.15, -0.1) is 0 Å². The molecule has 1 saturated carbocycles. The highest BCUT2D eigenvalue weighted by atomic mass is 32.2. The van der Waals surface area contributed by atoms with Gasteiger partial charge in [0.2, 0.25) is 33.7 Å². The molecule has 7 rings (SSSR count). The number of nitrogens with zero attached hydrogens (tertiary/aromatic N) is 7. The minimum atomic E-state index is -3.91. The molecule has 3 aromatic carbocycles. The zero-order valence-corrected chi connectivity index (χ0v) is 33.3. The highest BCUT2D eigenvalue weighted by molar-refractivity contribution is 7.89. The lowest BCUT2D eigenvalue weighted by Crippen LogP contribution is -2.38. The lowest BCUT2D eigenvalue weighted by molar-refractivity contribution is -0.126. The molecule has 0 unspecified atom stereocenters. The normalized spacial score (nSPS) is 15.5. The van der Waals surface area contributed by atoms with Gasteiger partial charge >= 0.3 is 0 Å². The standard InChI is InChI=1S/C43H43N9O6S/c1-2-40(54)52(26-23-44)59(55,56)27-8-7-15-39(53)48-30-18-16-29(17-19-30)28-47-42-46-25-22-35(49-42)33-12-9-24-45-41(33)57-37-21-20-34(31-10-3-4-11-32(31)37)50-43-51-36-13-5-6-14-38(36)58-43/h3-6,9-14,20-22,24-25,28-30H,2,7-8,15-19,26-27H2,1H3,(H,48,53)(H,50,51)/b47-28+. The Hall–Kier alpha value is -6.73. The van der Waals surface area contributed by atoms with Gasteiger partial charge in [0.1, 0.15) is 17.8 Å². The molecule has 15 nitrogen and oxygen atoms in total. The molecule has 6 aromatic rings. The number of benzene rings is 3. The summed E-state index contributed by atoms with van der Waals surface area (Å²) >= 11 is 0. The third kappa shape index (κ3) is 10.1. The summed E-state index contributed by atoms with van der Waals surface area (Å²) in [5.74, 6) is 0.438. The van der Waals surface area contributed by atoms with Crippen LogP contribution in [0.5, 0.6) is 11.6 Å². The van der Waals surface area contributed by atoms with E-state index in [0.717, 1.165) is 47.7 Å². The summed E-state index contributed by atoms with van der Waals surface area (Å²) < 4.78 is 38.1. The van der Waals surface area contributed by atoms with E-state index in [4.69, 9.17) is 19.4 Å². The first-order chi connectivity index (χ1) is 28.7. The maximum absolute atomic E-state index is 12.6. The van der Waals surface area contributed by atoms with Gasteiger partial charge in [-0.2, -0.15) is 10.2 Å². The van der Waals surface area contributed by atoms with E-state index in [1.807, 2.05) is 79.0 Å². The molecule has 59 heavy (non-hydrogen) atoms. The molecule has 16 heteroatoms. The smallest absolute Gasteiger partial charge is 0.300 e. The van der Waals surface area contributed by atoms with Crippen molar-refractivity contribution in [3.63, 3.8) is 0 Å². The van der Waals surface area contributed by atoms with Crippen molar-refractivity contribution in [2.45, 2.75) is 64.3 Å². The molecule has 0 aliphatic heterocycles. The number of rotatable bonds is 16. The quantitative estimate of drug-likeness (QED) is 0.0542. The van der Waals surface area contributed by atoms with Gasteiger partial charge in [-0.25, -0.2) is 32.7 Å². The van der Waals surface area contributed by atoms with E-state index in [2.05, 4.69) is 30.6 Å². The number of amides is 2. The number of sulfonamides is 1. The SMILES string of the molecule is CCC(=O)N(CC#N)S(=O)(=O)CCCCC(=O)NC1CCC(/C=N/c2nccc(-c3cccnc3Oc3ccc(Nc4nc5ccccc5o4)c4ccccc34)n2)CC1. The molecule has 2 N–H and O–H groups in total. The van der Waals surface area contributed by atoms with Crippen LogP contribution in [0.2, 0.25) is 0 Å². The van der Waals surface area contributed by atoms with Crippen molar-refractivity contribution in [2.75, 3.05) is 17.6 Å². The first-order valence-electron chi connectivity index (χ1n) is 19.5. The van der Waals surface area contributed by atoms with Gasteiger partial charge in [0, 0.05) is 48.3 Å². The number of pyridine rings is 1. The summed E-state index contributed by atoms with van der Waals surface area (Å²) in [5, 5.41) is 17.1. The third-order valence-electron chi connectivity index (χ3n) is 10.0. The Morgan fingerprint density at radius 1 is 0.949 bits per heavy atom. The number of oxazole rings is 1. The van der Waals surface area contributed by atoms with E-state index in [1.54, 1.807) is 31.5 Å². The molecule has 1 fully saturated rings. The second-order valence-electron chi connectivity index (χ2n) is 14.1. The summed E-state index contributed by atoms with van der Waals surface area (Å²) in [6.07, 6.45) is 9.13. The Labute approximate surface area is 341 Å². The van der Waals surface area contributed by atoms with Crippen molar-refractivity contribution in [2.24, 2.45) is 10.9 Å². The van der Waals surface area contributed by atoms with Gasteiger partial charge in [0.15, 0.2) is 5.58 Å². The maximum atomic E-state index is 12.6. The summed E-state index contributed by atoms with van der Waals surface area (Å²) in [6.45, 7) is 1.03. The number of nitriles is 1. The number of nitrogens with one attached hydrogen (secondary N) is 2. The number of para-hydroxylation sites is 2. The summed E-state index contributed by atoms with van der Waals surface area (Å²) in [4.78, 5) is 47.4. The monoisotopic (exact) mass is 813 g/mol. The average molecular weight is 814 g/mol. The Bertz CT molecular complexity index is 2600. The first-order valence-corrected chi connectivity index (χ1v) is 21.2. The summed E-state index contributed by atoms with van der Waals surface area (Å²) in [5.41, 5.74) is 3.55. The third-order valence-corrected chi connectivity index (χ3v) is 11.8. The lowest BCUT2D eigenvalue weighted by Gasteiger charge is -2.27. The molecule has 302 valence electrons. The van der Waals surface area contributed by atoms with Gasteiger partial charge in [-0.1, -0.05) is 43.3 Å². The number of carbonyl (C=O) groups excluding carboxylic acids is 2. The molecule has 0 spiro atoms. The molecular formula is C43H43N9O6S. The fourth-order valence-corrected chi connectivity index (χ4v) is 8.47. The van der Waals surface area contributed by atoms with E-state index in [9.17, 15) is 18.0 Å². The molecule has 1 aliphatic carbocycles. The molecule has 1 aliphatic rings. The average Bonchev–Trinajstić information content (AvgIpc) is 3.67. The van der Waals surface area contributed by atoms with Crippen LogP contribution >= 0.6 is 0 Å². The van der Waals surface area contributed by atoms with Crippen molar-refractivity contribution in [3.05, 3.63) is 91.3 Å². The molecular weight excluding hydrogens is 771 g/mol. The van der Waals surface area contributed by atoms with Crippen molar-refractivity contribution in [1.82, 2.24) is 29.6 Å². The zero-order chi connectivity index (χ0) is 41.2. The van der Waals surface area contributed by atoms with Crippen molar-refractivity contribution in [1.29, 1.82) is 5.26 Å². The lowest BCUT2D eigenvalue weighted by atomic mass is 9.86. The summed E-state index contributed by atoms with van der Waals surface area (Å²) in [7, 11) is -3.91. The van der Waals surface area contributed by atoms with Crippen molar-refractivity contribution in [3.8, 4) is 29.0 Å². The fourth-order valence-electron chi connectivity index (χ4n) is 6.99. The van der Waals surface area contributed by atoms with E-state index in [1.165, 1.54) is 0 Å². The van der Waals surface area contributed by atoms with Gasteiger partial charge in [0.25, 0.3) is 6.01 Å². The maximum Gasteiger partial charge on any atom is 0.300 e.